The molecule has 0 radical (unpaired) electrons. The number of carbonyl (C=O) groups is 1. The second-order valence-corrected chi connectivity index (χ2v) is 6.26. The van der Waals surface area contributed by atoms with E-state index < -0.39 is 16.0 Å². The summed E-state index contributed by atoms with van der Waals surface area (Å²) in [7, 11) is -3.73. The number of sulfonamides is 1. The van der Waals surface area contributed by atoms with Crippen LogP contribution in [-0.4, -0.2) is 25.5 Å². The topological polar surface area (TPSA) is 109 Å². The molecule has 1 aromatic rings. The van der Waals surface area contributed by atoms with Crippen molar-refractivity contribution in [1.82, 2.24) is 4.72 Å². The molecule has 0 saturated carbocycles. The lowest BCUT2D eigenvalue weighted by Gasteiger charge is -2.17. The Hall–Kier alpha value is -1.60. The molecule has 6 nitrogen and oxygen atoms in total. The quantitative estimate of drug-likeness (QED) is 0.665. The molecule has 1 rings (SSSR count). The van der Waals surface area contributed by atoms with Crippen molar-refractivity contribution in [1.29, 1.82) is 0 Å². The smallest absolute Gasteiger partial charge is 0.335 e. The summed E-state index contributed by atoms with van der Waals surface area (Å²) in [6.45, 7) is 3.88. The number of hydrogen-bond acceptors (Lipinski definition) is 4. The van der Waals surface area contributed by atoms with Crippen molar-refractivity contribution in [3.05, 3.63) is 23.8 Å². The summed E-state index contributed by atoms with van der Waals surface area (Å²) < 4.78 is 27.1. The van der Waals surface area contributed by atoms with E-state index in [0.29, 0.717) is 6.42 Å². The third kappa shape index (κ3) is 3.94. The van der Waals surface area contributed by atoms with E-state index in [1.165, 1.54) is 12.1 Å². The molecule has 0 spiro atoms. The maximum Gasteiger partial charge on any atom is 0.335 e. The van der Waals surface area contributed by atoms with Crippen LogP contribution < -0.4 is 10.5 Å². The minimum absolute atomic E-state index is 0.0398. The molecule has 0 bridgehead atoms. The lowest BCUT2D eigenvalue weighted by atomic mass is 10.1. The van der Waals surface area contributed by atoms with Gasteiger partial charge in [-0.1, -0.05) is 20.3 Å². The summed E-state index contributed by atoms with van der Waals surface area (Å²) in [5.41, 5.74) is 5.55. The van der Waals surface area contributed by atoms with Crippen molar-refractivity contribution >= 4 is 21.7 Å². The van der Waals surface area contributed by atoms with Gasteiger partial charge in [-0.3, -0.25) is 0 Å². The third-order valence-corrected chi connectivity index (χ3v) is 4.59. The molecule has 1 aromatic carbocycles. The molecule has 112 valence electrons. The standard InChI is InChI=1S/C13H20N2O4S/c1-3-5-10(4-2)15-20(18,19)12-7-6-9(13(16)17)8-11(12)14/h6-8,10,15H,3-5,14H2,1-2H3,(H,16,17). The molecule has 0 fully saturated rings. The minimum atomic E-state index is -3.73. The van der Waals surface area contributed by atoms with Gasteiger partial charge in [-0.15, -0.1) is 0 Å². The van der Waals surface area contributed by atoms with Crippen molar-refractivity contribution in [3.8, 4) is 0 Å². The van der Waals surface area contributed by atoms with E-state index in [1.807, 2.05) is 13.8 Å². The maximum absolute atomic E-state index is 12.2. The first-order valence-electron chi connectivity index (χ1n) is 6.47. The highest BCUT2D eigenvalue weighted by Crippen LogP contribution is 2.20. The average molecular weight is 300 g/mol. The molecule has 1 unspecified atom stereocenters. The van der Waals surface area contributed by atoms with Crippen molar-refractivity contribution in [2.75, 3.05) is 5.73 Å². The molecule has 0 aromatic heterocycles. The van der Waals surface area contributed by atoms with Crippen molar-refractivity contribution in [2.45, 2.75) is 44.0 Å². The Labute approximate surface area is 119 Å². The monoisotopic (exact) mass is 300 g/mol. The fourth-order valence-electron chi connectivity index (χ4n) is 1.90. The summed E-state index contributed by atoms with van der Waals surface area (Å²) in [6, 6.07) is 3.45. The Morgan fingerprint density at radius 3 is 2.50 bits per heavy atom. The molecule has 20 heavy (non-hydrogen) atoms. The van der Waals surface area contributed by atoms with Gasteiger partial charge in [0.2, 0.25) is 10.0 Å². The third-order valence-electron chi connectivity index (χ3n) is 3.00. The van der Waals surface area contributed by atoms with Crippen molar-refractivity contribution in [2.24, 2.45) is 0 Å². The van der Waals surface area contributed by atoms with E-state index in [1.54, 1.807) is 0 Å². The molecule has 1 atom stereocenters. The van der Waals surface area contributed by atoms with Gasteiger partial charge < -0.3 is 10.8 Å². The van der Waals surface area contributed by atoms with Crippen LogP contribution in [0.2, 0.25) is 0 Å². The van der Waals surface area contributed by atoms with Crippen LogP contribution in [0.15, 0.2) is 23.1 Å². The van der Waals surface area contributed by atoms with Gasteiger partial charge in [-0.05, 0) is 31.0 Å². The lowest BCUT2D eigenvalue weighted by molar-refractivity contribution is 0.0697. The Bertz CT molecular complexity index is 584. The average Bonchev–Trinajstić information content (AvgIpc) is 2.37. The van der Waals surface area contributed by atoms with E-state index in [9.17, 15) is 13.2 Å². The van der Waals surface area contributed by atoms with Gasteiger partial charge in [0.25, 0.3) is 0 Å². The van der Waals surface area contributed by atoms with Crippen LogP contribution in [0.1, 0.15) is 43.5 Å². The van der Waals surface area contributed by atoms with Crippen LogP contribution >= 0.6 is 0 Å². The van der Waals surface area contributed by atoms with Crippen LogP contribution in [0.3, 0.4) is 0 Å². The number of nitrogens with two attached hydrogens (primary N) is 1. The van der Waals surface area contributed by atoms with Gasteiger partial charge in [-0.2, -0.15) is 0 Å². The molecule has 0 aliphatic rings. The summed E-state index contributed by atoms with van der Waals surface area (Å²) in [6.07, 6.45) is 2.29. The number of anilines is 1. The van der Waals surface area contributed by atoms with Gasteiger partial charge in [0.1, 0.15) is 4.90 Å². The highest BCUT2D eigenvalue weighted by molar-refractivity contribution is 7.89. The molecule has 0 aliphatic carbocycles. The SMILES string of the molecule is CCCC(CC)NS(=O)(=O)c1ccc(C(=O)O)cc1N. The Kier molecular flexibility index (Phi) is 5.52. The Balaban J connectivity index is 3.06. The number of nitrogen functional groups attached to an aromatic ring is 1. The molecule has 0 heterocycles. The van der Waals surface area contributed by atoms with E-state index in [0.717, 1.165) is 18.9 Å². The second kappa shape index (κ2) is 6.71. The summed E-state index contributed by atoms with van der Waals surface area (Å²) in [5.74, 6) is -1.15. The fraction of sp³-hybridized carbons (Fsp3) is 0.462. The molecule has 0 amide bonds. The van der Waals surface area contributed by atoms with Crippen molar-refractivity contribution in [3.63, 3.8) is 0 Å². The minimum Gasteiger partial charge on any atom is -0.478 e. The van der Waals surface area contributed by atoms with Crippen LogP contribution in [0.5, 0.6) is 0 Å². The molecule has 0 aliphatic heterocycles. The number of carboxylic acid groups (broad SMARTS) is 1. The number of hydrogen-bond donors (Lipinski definition) is 3. The lowest BCUT2D eigenvalue weighted by Crippen LogP contribution is -2.34. The highest BCUT2D eigenvalue weighted by atomic mass is 32.2. The van der Waals surface area contributed by atoms with Crippen LogP contribution in [0.4, 0.5) is 5.69 Å². The van der Waals surface area contributed by atoms with Crippen LogP contribution in [-0.2, 0) is 10.0 Å². The van der Waals surface area contributed by atoms with Crippen molar-refractivity contribution < 1.29 is 18.3 Å². The predicted molar refractivity (Wildman–Crippen MR) is 77.1 cm³/mol. The molecular weight excluding hydrogens is 280 g/mol. The van der Waals surface area contributed by atoms with Gasteiger partial charge in [0.15, 0.2) is 0 Å². The normalized spacial score (nSPS) is 13.1. The van der Waals surface area contributed by atoms with Crippen LogP contribution in [0.25, 0.3) is 0 Å². The highest BCUT2D eigenvalue weighted by Gasteiger charge is 2.21. The van der Waals surface area contributed by atoms with Gasteiger partial charge in [-0.25, -0.2) is 17.9 Å². The number of nitrogens with one attached hydrogen (secondary N) is 1. The number of aromatic carboxylic acids is 1. The molecule has 0 saturated heterocycles. The molecule has 7 heteroatoms. The summed E-state index contributed by atoms with van der Waals surface area (Å²) in [4.78, 5) is 10.7. The van der Waals surface area contributed by atoms with E-state index in [-0.39, 0.29) is 22.2 Å². The Morgan fingerprint density at radius 1 is 1.40 bits per heavy atom. The van der Waals surface area contributed by atoms with Crippen LogP contribution in [0, 0.1) is 0 Å². The predicted octanol–water partition coefficient (Wildman–Crippen LogP) is 1.82. The zero-order chi connectivity index (χ0) is 15.3. The van der Waals surface area contributed by atoms with E-state index in [4.69, 9.17) is 10.8 Å². The maximum atomic E-state index is 12.2. The fourth-order valence-corrected chi connectivity index (χ4v) is 3.37. The number of benzene rings is 1. The van der Waals surface area contributed by atoms with Gasteiger partial charge >= 0.3 is 5.97 Å². The van der Waals surface area contributed by atoms with E-state index >= 15 is 0 Å². The summed E-state index contributed by atoms with van der Waals surface area (Å²) >= 11 is 0. The first-order valence-corrected chi connectivity index (χ1v) is 7.95. The second-order valence-electron chi connectivity index (χ2n) is 4.57. The zero-order valence-electron chi connectivity index (χ0n) is 11.6. The van der Waals surface area contributed by atoms with E-state index in [2.05, 4.69) is 4.72 Å². The van der Waals surface area contributed by atoms with Gasteiger partial charge in [0, 0.05) is 6.04 Å². The first-order chi connectivity index (χ1) is 9.31. The molecule has 4 N–H and O–H groups in total. The summed E-state index contributed by atoms with van der Waals surface area (Å²) in [5, 5.41) is 8.84. The molecular formula is C13H20N2O4S. The van der Waals surface area contributed by atoms with Gasteiger partial charge in [0.05, 0.1) is 11.3 Å². The number of carboxylic acids is 1. The Morgan fingerprint density at radius 2 is 2.05 bits per heavy atom. The number of rotatable bonds is 7. The zero-order valence-corrected chi connectivity index (χ0v) is 12.4. The largest absolute Gasteiger partial charge is 0.478 e. The first kappa shape index (κ1) is 16.5.